The van der Waals surface area contributed by atoms with Gasteiger partial charge in [0.1, 0.15) is 6.61 Å². The molecule has 0 saturated heterocycles. The third-order valence-corrected chi connectivity index (χ3v) is 4.97. The van der Waals surface area contributed by atoms with Crippen LogP contribution >= 0.6 is 0 Å². The molecule has 1 amide bonds. The van der Waals surface area contributed by atoms with Crippen LogP contribution in [0.1, 0.15) is 53.4 Å². The molecule has 0 spiro atoms. The Kier molecular flexibility index (Phi) is 10.4. The lowest BCUT2D eigenvalue weighted by Gasteiger charge is -2.22. The van der Waals surface area contributed by atoms with Gasteiger partial charge in [0.05, 0.1) is 11.4 Å². The van der Waals surface area contributed by atoms with E-state index in [9.17, 15) is 4.79 Å². The molecule has 164 valence electrons. The Hall–Kier alpha value is -3.07. The summed E-state index contributed by atoms with van der Waals surface area (Å²) in [6.07, 6.45) is 10.4. The third kappa shape index (κ3) is 9.08. The number of carbonyl (C=O) groups excluding carboxylic acids is 1. The van der Waals surface area contributed by atoms with Crippen molar-refractivity contribution in [3.05, 3.63) is 95.6 Å². The minimum Gasteiger partial charge on any atom is -0.445 e. The molecule has 0 aliphatic carbocycles. The lowest BCUT2D eigenvalue weighted by atomic mass is 10.1. The van der Waals surface area contributed by atoms with Crippen molar-refractivity contribution in [3.8, 4) is 0 Å². The molecule has 2 aromatic carbocycles. The number of amides is 1. The van der Waals surface area contributed by atoms with Gasteiger partial charge in [-0.15, -0.1) is 0 Å². The predicted octanol–water partition coefficient (Wildman–Crippen LogP) is 8.38. The molecule has 0 aliphatic rings. The molecule has 2 rings (SSSR count). The summed E-state index contributed by atoms with van der Waals surface area (Å²) in [5.41, 5.74) is 5.60. The topological polar surface area (TPSA) is 29.5 Å². The Morgan fingerprint density at radius 3 is 1.74 bits per heavy atom. The normalized spacial score (nSPS) is 11.7. The van der Waals surface area contributed by atoms with E-state index < -0.39 is 0 Å². The molecular formula is C28H35NO2. The minimum absolute atomic E-state index is 0.268. The highest BCUT2D eigenvalue weighted by Gasteiger charge is 2.18. The van der Waals surface area contributed by atoms with Gasteiger partial charge in [-0.25, -0.2) is 9.69 Å². The van der Waals surface area contributed by atoms with Gasteiger partial charge >= 0.3 is 6.09 Å². The smallest absolute Gasteiger partial charge is 0.419 e. The van der Waals surface area contributed by atoms with Crippen molar-refractivity contribution in [2.75, 3.05) is 11.5 Å². The van der Waals surface area contributed by atoms with E-state index in [1.807, 2.05) is 66.7 Å². The second kappa shape index (κ2) is 13.3. The van der Waals surface area contributed by atoms with E-state index in [1.54, 1.807) is 4.90 Å². The molecule has 0 N–H and O–H groups in total. The molecular weight excluding hydrogens is 382 g/mol. The van der Waals surface area contributed by atoms with Gasteiger partial charge in [-0.3, -0.25) is 0 Å². The number of allylic oxidation sites excluding steroid dienone is 5. The van der Waals surface area contributed by atoms with Crippen LogP contribution in [0.5, 0.6) is 0 Å². The van der Waals surface area contributed by atoms with Gasteiger partial charge in [0.2, 0.25) is 0 Å². The molecule has 0 aromatic heterocycles. The Bertz CT molecular complexity index is 852. The maximum Gasteiger partial charge on any atom is 0.419 e. The van der Waals surface area contributed by atoms with Gasteiger partial charge in [0.25, 0.3) is 0 Å². The van der Waals surface area contributed by atoms with Crippen molar-refractivity contribution in [1.29, 1.82) is 0 Å². The van der Waals surface area contributed by atoms with Gasteiger partial charge in [0.15, 0.2) is 0 Å². The first-order valence-corrected chi connectivity index (χ1v) is 11.0. The quantitative estimate of drug-likeness (QED) is 0.363. The summed E-state index contributed by atoms with van der Waals surface area (Å²) < 4.78 is 5.58. The van der Waals surface area contributed by atoms with Crippen molar-refractivity contribution in [2.45, 2.75) is 53.4 Å². The molecule has 3 nitrogen and oxygen atoms in total. The standard InChI is InChI=1S/C28H35NO2/c1-23(2)13-11-14-24(3)15-12-16-25(4)21-22-31-28(30)29(26-17-7-5-8-18-26)27-19-9-6-10-20-27/h5-10,13,15,17-21H,11-12,14,16,22H2,1-4H3. The number of ether oxygens (including phenoxy) is 1. The highest BCUT2D eigenvalue weighted by Crippen LogP contribution is 2.25. The van der Waals surface area contributed by atoms with Crippen molar-refractivity contribution in [2.24, 2.45) is 0 Å². The van der Waals surface area contributed by atoms with E-state index in [2.05, 4.69) is 39.8 Å². The zero-order valence-electron chi connectivity index (χ0n) is 19.3. The van der Waals surface area contributed by atoms with Gasteiger partial charge in [-0.05, 0) is 83.7 Å². The molecule has 3 heteroatoms. The molecule has 0 heterocycles. The van der Waals surface area contributed by atoms with Gasteiger partial charge in [-0.2, -0.15) is 0 Å². The van der Waals surface area contributed by atoms with Crippen LogP contribution < -0.4 is 4.90 Å². The number of para-hydroxylation sites is 2. The first-order valence-electron chi connectivity index (χ1n) is 11.0. The Balaban J connectivity index is 1.88. The summed E-state index contributed by atoms with van der Waals surface area (Å²) in [4.78, 5) is 14.4. The Morgan fingerprint density at radius 2 is 1.23 bits per heavy atom. The molecule has 0 unspecified atom stereocenters. The second-order valence-electron chi connectivity index (χ2n) is 8.04. The Morgan fingerprint density at radius 1 is 0.742 bits per heavy atom. The SMILES string of the molecule is CC(C)=CCCC(C)=CCCC(C)=CCOC(=O)N(c1ccccc1)c1ccccc1. The monoisotopic (exact) mass is 417 g/mol. The number of carbonyl (C=O) groups is 1. The lowest BCUT2D eigenvalue weighted by Crippen LogP contribution is -2.26. The predicted molar refractivity (Wildman–Crippen MR) is 132 cm³/mol. The molecule has 2 aromatic rings. The van der Waals surface area contributed by atoms with E-state index in [1.165, 1.54) is 16.7 Å². The van der Waals surface area contributed by atoms with E-state index in [0.29, 0.717) is 0 Å². The van der Waals surface area contributed by atoms with Crippen LogP contribution in [0.4, 0.5) is 16.2 Å². The lowest BCUT2D eigenvalue weighted by molar-refractivity contribution is 0.168. The van der Waals surface area contributed by atoms with E-state index in [4.69, 9.17) is 4.74 Å². The van der Waals surface area contributed by atoms with Gasteiger partial charge in [-0.1, -0.05) is 65.3 Å². The maximum atomic E-state index is 12.8. The van der Waals surface area contributed by atoms with E-state index in [-0.39, 0.29) is 12.7 Å². The molecule has 0 radical (unpaired) electrons. The maximum absolute atomic E-state index is 12.8. The van der Waals surface area contributed by atoms with Crippen LogP contribution in [0.3, 0.4) is 0 Å². The number of benzene rings is 2. The molecule has 0 saturated carbocycles. The molecule has 0 bridgehead atoms. The molecule has 0 aliphatic heterocycles. The fourth-order valence-corrected chi connectivity index (χ4v) is 3.17. The number of anilines is 2. The average Bonchev–Trinajstić information content (AvgIpc) is 2.75. The van der Waals surface area contributed by atoms with Crippen LogP contribution in [-0.4, -0.2) is 12.7 Å². The van der Waals surface area contributed by atoms with Crippen LogP contribution in [0.2, 0.25) is 0 Å². The first-order chi connectivity index (χ1) is 15.0. The van der Waals surface area contributed by atoms with Crippen molar-refractivity contribution in [1.82, 2.24) is 0 Å². The first kappa shape index (κ1) is 24.2. The Labute approximate surface area is 187 Å². The number of rotatable bonds is 10. The summed E-state index contributed by atoms with van der Waals surface area (Å²) in [5.74, 6) is 0. The fourth-order valence-electron chi connectivity index (χ4n) is 3.17. The van der Waals surface area contributed by atoms with Crippen molar-refractivity contribution in [3.63, 3.8) is 0 Å². The van der Waals surface area contributed by atoms with Crippen LogP contribution in [0.25, 0.3) is 0 Å². The highest BCUT2D eigenvalue weighted by molar-refractivity contribution is 5.95. The van der Waals surface area contributed by atoms with E-state index in [0.717, 1.165) is 37.1 Å². The van der Waals surface area contributed by atoms with Crippen LogP contribution in [-0.2, 0) is 4.74 Å². The van der Waals surface area contributed by atoms with Crippen LogP contribution in [0, 0.1) is 0 Å². The fraction of sp³-hybridized carbons (Fsp3) is 0.321. The average molecular weight is 418 g/mol. The number of hydrogen-bond acceptors (Lipinski definition) is 2. The molecule has 0 fully saturated rings. The van der Waals surface area contributed by atoms with Crippen LogP contribution in [0.15, 0.2) is 95.6 Å². The summed E-state index contributed by atoms with van der Waals surface area (Å²) in [6, 6.07) is 19.1. The third-order valence-electron chi connectivity index (χ3n) is 4.97. The largest absolute Gasteiger partial charge is 0.445 e. The second-order valence-corrected chi connectivity index (χ2v) is 8.04. The highest BCUT2D eigenvalue weighted by atomic mass is 16.6. The van der Waals surface area contributed by atoms with Gasteiger partial charge < -0.3 is 4.74 Å². The molecule has 0 atom stereocenters. The summed E-state index contributed by atoms with van der Waals surface area (Å²) in [5, 5.41) is 0. The van der Waals surface area contributed by atoms with Gasteiger partial charge in [0, 0.05) is 0 Å². The van der Waals surface area contributed by atoms with E-state index >= 15 is 0 Å². The summed E-state index contributed by atoms with van der Waals surface area (Å²) >= 11 is 0. The van der Waals surface area contributed by atoms with Crippen molar-refractivity contribution >= 4 is 17.5 Å². The summed E-state index contributed by atoms with van der Waals surface area (Å²) in [6.45, 7) is 8.83. The zero-order valence-corrected chi connectivity index (χ0v) is 19.3. The van der Waals surface area contributed by atoms with Crippen molar-refractivity contribution < 1.29 is 9.53 Å². The number of hydrogen-bond donors (Lipinski definition) is 0. The summed E-state index contributed by atoms with van der Waals surface area (Å²) in [7, 11) is 0. The molecule has 31 heavy (non-hydrogen) atoms. The zero-order chi connectivity index (χ0) is 22.5. The number of nitrogens with zero attached hydrogens (tertiary/aromatic N) is 1. The minimum atomic E-state index is -0.378.